The Morgan fingerprint density at radius 1 is 1.00 bits per heavy atom. The summed E-state index contributed by atoms with van der Waals surface area (Å²) in [5, 5.41) is 11.8. The van der Waals surface area contributed by atoms with Crippen molar-refractivity contribution in [2.75, 3.05) is 10.6 Å². The fraction of sp³-hybridized carbons (Fsp3) is 0.167. The van der Waals surface area contributed by atoms with Gasteiger partial charge < -0.3 is 15.2 Å². The average Bonchev–Trinajstić information content (AvgIpc) is 3.48. The van der Waals surface area contributed by atoms with Crippen molar-refractivity contribution >= 4 is 46.1 Å². The van der Waals surface area contributed by atoms with Gasteiger partial charge in [0.15, 0.2) is 0 Å². The largest absolute Gasteiger partial charge is 0.338 e. The molecule has 0 aliphatic rings. The number of nitrogens with one attached hydrogen (secondary N) is 2. The highest BCUT2D eigenvalue weighted by Crippen LogP contribution is 2.26. The van der Waals surface area contributed by atoms with E-state index in [9.17, 15) is 9.59 Å². The molecule has 7 nitrogen and oxygen atoms in total. The standard InChI is InChI=1S/C24H21ClN4O3S/c1-24(2,3)23-28-20(29-32-23)14-6-9-16(10-7-14)26-21(30)15-8-11-17(25)18(13-15)27-22(31)19-5-4-12-33-19/h4-13H,1-3H3,(H,26,30)(H,27,31). The molecule has 0 saturated heterocycles. The predicted octanol–water partition coefficient (Wildman–Crippen LogP) is 6.25. The summed E-state index contributed by atoms with van der Waals surface area (Å²) in [7, 11) is 0. The number of carbonyl (C=O) groups is 2. The monoisotopic (exact) mass is 480 g/mol. The lowest BCUT2D eigenvalue weighted by Gasteiger charge is -2.10. The van der Waals surface area contributed by atoms with Crippen molar-refractivity contribution in [3.8, 4) is 11.4 Å². The van der Waals surface area contributed by atoms with Gasteiger partial charge in [-0.05, 0) is 53.9 Å². The van der Waals surface area contributed by atoms with E-state index in [4.69, 9.17) is 16.1 Å². The van der Waals surface area contributed by atoms with Crippen LogP contribution in [0.25, 0.3) is 11.4 Å². The Bertz CT molecular complexity index is 1290. The minimum absolute atomic E-state index is 0.236. The van der Waals surface area contributed by atoms with Crippen molar-refractivity contribution in [2.24, 2.45) is 0 Å². The first-order chi connectivity index (χ1) is 15.7. The maximum Gasteiger partial charge on any atom is 0.265 e. The van der Waals surface area contributed by atoms with Crippen molar-refractivity contribution in [3.63, 3.8) is 0 Å². The predicted molar refractivity (Wildman–Crippen MR) is 130 cm³/mol. The fourth-order valence-electron chi connectivity index (χ4n) is 2.91. The van der Waals surface area contributed by atoms with Crippen LogP contribution < -0.4 is 10.6 Å². The molecular weight excluding hydrogens is 460 g/mol. The molecule has 2 aromatic heterocycles. The molecule has 33 heavy (non-hydrogen) atoms. The second-order valence-corrected chi connectivity index (χ2v) is 9.69. The number of rotatable bonds is 5. The lowest BCUT2D eigenvalue weighted by atomic mass is 9.97. The Morgan fingerprint density at radius 2 is 1.76 bits per heavy atom. The molecule has 0 saturated carbocycles. The van der Waals surface area contributed by atoms with E-state index in [1.807, 2.05) is 26.2 Å². The number of benzene rings is 2. The van der Waals surface area contributed by atoms with Crippen molar-refractivity contribution in [3.05, 3.63) is 81.3 Å². The summed E-state index contributed by atoms with van der Waals surface area (Å²) in [6, 6.07) is 15.4. The minimum atomic E-state index is -0.333. The van der Waals surface area contributed by atoms with Gasteiger partial charge in [0.1, 0.15) is 0 Å². The maximum absolute atomic E-state index is 12.8. The van der Waals surface area contributed by atoms with Gasteiger partial charge in [0, 0.05) is 22.2 Å². The third-order valence-corrected chi connectivity index (χ3v) is 5.89. The van der Waals surface area contributed by atoms with Crippen LogP contribution in [0.3, 0.4) is 0 Å². The van der Waals surface area contributed by atoms with Gasteiger partial charge in [0.25, 0.3) is 11.8 Å². The number of thiophene rings is 1. The Hall–Kier alpha value is -3.49. The minimum Gasteiger partial charge on any atom is -0.338 e. The molecule has 0 fully saturated rings. The van der Waals surface area contributed by atoms with Gasteiger partial charge in [-0.25, -0.2) is 0 Å². The molecule has 0 bridgehead atoms. The SMILES string of the molecule is CC(C)(C)c1nc(-c2ccc(NC(=O)c3ccc(Cl)c(NC(=O)c4cccs4)c3)cc2)no1. The Balaban J connectivity index is 1.46. The zero-order valence-corrected chi connectivity index (χ0v) is 19.8. The molecule has 0 radical (unpaired) electrons. The van der Waals surface area contributed by atoms with E-state index in [1.165, 1.54) is 11.3 Å². The van der Waals surface area contributed by atoms with Gasteiger partial charge in [0.05, 0.1) is 15.6 Å². The molecule has 2 N–H and O–H groups in total. The average molecular weight is 481 g/mol. The van der Waals surface area contributed by atoms with Crippen LogP contribution in [0.5, 0.6) is 0 Å². The van der Waals surface area contributed by atoms with Crippen molar-refractivity contribution < 1.29 is 14.1 Å². The normalized spacial score (nSPS) is 11.3. The van der Waals surface area contributed by atoms with Crippen molar-refractivity contribution in [2.45, 2.75) is 26.2 Å². The molecule has 168 valence electrons. The maximum atomic E-state index is 12.8. The first kappa shape index (κ1) is 22.7. The van der Waals surface area contributed by atoms with E-state index in [2.05, 4.69) is 20.8 Å². The van der Waals surface area contributed by atoms with Gasteiger partial charge in [-0.2, -0.15) is 4.98 Å². The lowest BCUT2D eigenvalue weighted by Crippen LogP contribution is -2.14. The number of hydrogen-bond donors (Lipinski definition) is 2. The molecule has 0 aliphatic carbocycles. The molecule has 4 rings (SSSR count). The molecule has 0 unspecified atom stereocenters. The molecule has 4 aromatic rings. The second kappa shape index (κ2) is 9.17. The number of aromatic nitrogens is 2. The van der Waals surface area contributed by atoms with Crippen LogP contribution in [0.15, 0.2) is 64.5 Å². The second-order valence-electron chi connectivity index (χ2n) is 8.33. The molecular formula is C24H21ClN4O3S. The van der Waals surface area contributed by atoms with E-state index in [0.717, 1.165) is 5.56 Å². The zero-order valence-electron chi connectivity index (χ0n) is 18.2. The van der Waals surface area contributed by atoms with E-state index in [0.29, 0.717) is 38.6 Å². The van der Waals surface area contributed by atoms with Crippen molar-refractivity contribution in [1.29, 1.82) is 0 Å². The third-order valence-electron chi connectivity index (χ3n) is 4.69. The first-order valence-electron chi connectivity index (χ1n) is 10.1. The van der Waals surface area contributed by atoms with E-state index in [1.54, 1.807) is 54.6 Å². The molecule has 2 heterocycles. The summed E-state index contributed by atoms with van der Waals surface area (Å²) in [4.78, 5) is 30.1. The van der Waals surface area contributed by atoms with E-state index >= 15 is 0 Å². The van der Waals surface area contributed by atoms with Crippen molar-refractivity contribution in [1.82, 2.24) is 10.1 Å². The van der Waals surface area contributed by atoms with Gasteiger partial charge in [-0.1, -0.05) is 43.6 Å². The Kier molecular flexibility index (Phi) is 6.31. The van der Waals surface area contributed by atoms with Gasteiger partial charge in [0.2, 0.25) is 11.7 Å². The van der Waals surface area contributed by atoms with Crippen LogP contribution in [0.2, 0.25) is 5.02 Å². The van der Waals surface area contributed by atoms with E-state index in [-0.39, 0.29) is 17.2 Å². The molecule has 9 heteroatoms. The summed E-state index contributed by atoms with van der Waals surface area (Å²) >= 11 is 7.53. The number of amides is 2. The van der Waals surface area contributed by atoms with Gasteiger partial charge >= 0.3 is 0 Å². The topological polar surface area (TPSA) is 97.1 Å². The number of anilines is 2. The van der Waals surface area contributed by atoms with Crippen LogP contribution in [0.1, 0.15) is 46.7 Å². The highest BCUT2D eigenvalue weighted by molar-refractivity contribution is 7.12. The van der Waals surface area contributed by atoms with Crippen LogP contribution in [0.4, 0.5) is 11.4 Å². The quantitative estimate of drug-likeness (QED) is 0.351. The summed E-state index contributed by atoms with van der Waals surface area (Å²) in [6.45, 7) is 6.00. The molecule has 0 aliphatic heterocycles. The molecule has 2 amide bonds. The summed E-state index contributed by atoms with van der Waals surface area (Å²) in [6.07, 6.45) is 0. The first-order valence-corrected chi connectivity index (χ1v) is 11.4. The fourth-order valence-corrected chi connectivity index (χ4v) is 3.69. The summed E-state index contributed by atoms with van der Waals surface area (Å²) in [5.41, 5.74) is 1.86. The molecule has 0 atom stereocenters. The van der Waals surface area contributed by atoms with Crippen LogP contribution in [-0.4, -0.2) is 22.0 Å². The third kappa shape index (κ3) is 5.30. The van der Waals surface area contributed by atoms with E-state index < -0.39 is 0 Å². The van der Waals surface area contributed by atoms with Gasteiger partial charge in [-0.15, -0.1) is 11.3 Å². The van der Waals surface area contributed by atoms with Crippen LogP contribution in [0, 0.1) is 0 Å². The lowest BCUT2D eigenvalue weighted by molar-refractivity contribution is 0.101. The number of carbonyl (C=O) groups excluding carboxylic acids is 2. The highest BCUT2D eigenvalue weighted by atomic mass is 35.5. The smallest absolute Gasteiger partial charge is 0.265 e. The summed E-state index contributed by atoms with van der Waals surface area (Å²) in [5.74, 6) is 0.429. The zero-order chi connectivity index (χ0) is 23.6. The summed E-state index contributed by atoms with van der Waals surface area (Å²) < 4.78 is 5.34. The molecule has 0 spiro atoms. The molecule has 2 aromatic carbocycles. The Labute approximate surface area is 199 Å². The number of halogens is 1. The van der Waals surface area contributed by atoms with Crippen LogP contribution in [-0.2, 0) is 5.41 Å². The Morgan fingerprint density at radius 3 is 2.39 bits per heavy atom. The number of hydrogen-bond acceptors (Lipinski definition) is 6. The van der Waals surface area contributed by atoms with Gasteiger partial charge in [-0.3, -0.25) is 9.59 Å². The number of nitrogens with zero attached hydrogens (tertiary/aromatic N) is 2. The van der Waals surface area contributed by atoms with Crippen LogP contribution >= 0.6 is 22.9 Å². The highest BCUT2D eigenvalue weighted by Gasteiger charge is 2.22.